The molecule has 0 unspecified atom stereocenters. The van der Waals surface area contributed by atoms with Crippen molar-refractivity contribution in [2.75, 3.05) is 6.54 Å². The first-order valence-corrected chi connectivity index (χ1v) is 8.99. The second-order valence-corrected chi connectivity index (χ2v) is 7.42. The highest BCUT2D eigenvalue weighted by molar-refractivity contribution is 8.13. The zero-order valence-electron chi connectivity index (χ0n) is 11.4. The molecule has 1 N–H and O–H groups in total. The fraction of sp³-hybridized carbons (Fsp3) is 0.462. The molecule has 0 aliphatic carbocycles. The molecule has 1 aromatic rings. The zero-order chi connectivity index (χ0) is 15.3. The molecule has 0 aliphatic heterocycles. The molecule has 0 atom stereocenters. The molecule has 1 rings (SSSR count). The number of rotatable bonds is 6. The second-order valence-electron chi connectivity index (χ2n) is 4.48. The van der Waals surface area contributed by atoms with Crippen LogP contribution in [0.3, 0.4) is 0 Å². The molecule has 0 bridgehead atoms. The molecular formula is C13H17Cl2NO3S. The Hall–Kier alpha value is -0.780. The molecule has 20 heavy (non-hydrogen) atoms. The summed E-state index contributed by atoms with van der Waals surface area (Å²) in [6.45, 7) is 4.15. The number of halogens is 2. The van der Waals surface area contributed by atoms with E-state index in [-0.39, 0.29) is 21.4 Å². The van der Waals surface area contributed by atoms with Gasteiger partial charge in [-0.25, -0.2) is 8.42 Å². The molecule has 0 aromatic heterocycles. The molecule has 112 valence electrons. The van der Waals surface area contributed by atoms with E-state index < -0.39 is 9.05 Å². The van der Waals surface area contributed by atoms with Crippen molar-refractivity contribution in [2.45, 2.75) is 38.0 Å². The molecule has 4 nitrogen and oxygen atoms in total. The third-order valence-corrected chi connectivity index (χ3v) is 4.73. The Morgan fingerprint density at radius 3 is 2.50 bits per heavy atom. The van der Waals surface area contributed by atoms with Gasteiger partial charge in [0.1, 0.15) is 0 Å². The maximum absolute atomic E-state index is 11.9. The lowest BCUT2D eigenvalue weighted by Gasteiger charge is -2.09. The minimum atomic E-state index is -3.93. The van der Waals surface area contributed by atoms with Gasteiger partial charge in [-0.05, 0) is 31.0 Å². The van der Waals surface area contributed by atoms with Crippen LogP contribution in [0.25, 0.3) is 0 Å². The lowest BCUT2D eigenvalue weighted by molar-refractivity contribution is 0.0952. The SMILES string of the molecule is CCCCCNC(=O)c1cc(Cl)c(C)c(S(=O)(=O)Cl)c1. The zero-order valence-corrected chi connectivity index (χ0v) is 13.7. The molecular weight excluding hydrogens is 321 g/mol. The topological polar surface area (TPSA) is 63.2 Å². The first kappa shape index (κ1) is 17.3. The quantitative estimate of drug-likeness (QED) is 0.638. The maximum atomic E-state index is 11.9. The Bertz CT molecular complexity index is 600. The van der Waals surface area contributed by atoms with Crippen molar-refractivity contribution in [3.05, 3.63) is 28.3 Å². The van der Waals surface area contributed by atoms with Gasteiger partial charge in [0, 0.05) is 27.8 Å². The fourth-order valence-electron chi connectivity index (χ4n) is 1.72. The van der Waals surface area contributed by atoms with Gasteiger partial charge in [0.2, 0.25) is 0 Å². The molecule has 0 spiro atoms. The molecule has 0 saturated carbocycles. The predicted molar refractivity (Wildman–Crippen MR) is 81.1 cm³/mol. The highest BCUT2D eigenvalue weighted by Crippen LogP contribution is 2.27. The highest BCUT2D eigenvalue weighted by Gasteiger charge is 2.19. The molecule has 1 amide bonds. The number of carbonyl (C=O) groups excluding carboxylic acids is 1. The van der Waals surface area contributed by atoms with Gasteiger partial charge >= 0.3 is 0 Å². The number of hydrogen-bond acceptors (Lipinski definition) is 3. The van der Waals surface area contributed by atoms with Gasteiger partial charge in [0.25, 0.3) is 15.0 Å². The summed E-state index contributed by atoms with van der Waals surface area (Å²) >= 11 is 5.95. The monoisotopic (exact) mass is 337 g/mol. The summed E-state index contributed by atoms with van der Waals surface area (Å²) in [5, 5.41) is 2.92. The summed E-state index contributed by atoms with van der Waals surface area (Å²) in [6, 6.07) is 2.69. The Balaban J connectivity index is 2.97. The molecule has 0 fully saturated rings. The van der Waals surface area contributed by atoms with E-state index in [1.165, 1.54) is 12.1 Å². The van der Waals surface area contributed by atoms with Crippen LogP contribution in [0.2, 0.25) is 5.02 Å². The number of carbonyl (C=O) groups is 1. The molecule has 0 radical (unpaired) electrons. The van der Waals surface area contributed by atoms with E-state index >= 15 is 0 Å². The lowest BCUT2D eigenvalue weighted by atomic mass is 10.1. The molecule has 0 aliphatic rings. The predicted octanol–water partition coefficient (Wildman–Crippen LogP) is 3.50. The van der Waals surface area contributed by atoms with Crippen molar-refractivity contribution in [3.8, 4) is 0 Å². The van der Waals surface area contributed by atoms with Crippen molar-refractivity contribution >= 4 is 37.2 Å². The van der Waals surface area contributed by atoms with Gasteiger partial charge in [-0.1, -0.05) is 31.4 Å². The van der Waals surface area contributed by atoms with Gasteiger partial charge in [-0.3, -0.25) is 4.79 Å². The number of benzene rings is 1. The van der Waals surface area contributed by atoms with Crippen molar-refractivity contribution in [1.29, 1.82) is 0 Å². The second kappa shape index (κ2) is 7.29. The van der Waals surface area contributed by atoms with Crippen LogP contribution in [0.1, 0.15) is 42.1 Å². The lowest BCUT2D eigenvalue weighted by Crippen LogP contribution is -2.24. The first-order valence-electron chi connectivity index (χ1n) is 6.30. The van der Waals surface area contributed by atoms with Crippen molar-refractivity contribution in [1.82, 2.24) is 5.32 Å². The average molecular weight is 338 g/mol. The summed E-state index contributed by atoms with van der Waals surface area (Å²) in [5.74, 6) is -0.357. The van der Waals surface area contributed by atoms with Crippen LogP contribution in [0.5, 0.6) is 0 Å². The van der Waals surface area contributed by atoms with Crippen LogP contribution >= 0.6 is 22.3 Å². The summed E-state index contributed by atoms with van der Waals surface area (Å²) in [6.07, 6.45) is 2.96. The van der Waals surface area contributed by atoms with Gasteiger partial charge in [-0.2, -0.15) is 0 Å². The van der Waals surface area contributed by atoms with Crippen LogP contribution in [-0.2, 0) is 9.05 Å². The summed E-state index contributed by atoms with van der Waals surface area (Å²) in [7, 11) is 1.41. The largest absolute Gasteiger partial charge is 0.352 e. The Labute approximate surface area is 128 Å². The van der Waals surface area contributed by atoms with Gasteiger partial charge in [0.15, 0.2) is 0 Å². The number of unbranched alkanes of at least 4 members (excludes halogenated alkanes) is 2. The summed E-state index contributed by atoms with van der Waals surface area (Å²) < 4.78 is 22.9. The first-order chi connectivity index (χ1) is 9.27. The van der Waals surface area contributed by atoms with Gasteiger partial charge < -0.3 is 5.32 Å². The van der Waals surface area contributed by atoms with Crippen molar-refractivity contribution in [3.63, 3.8) is 0 Å². The minimum Gasteiger partial charge on any atom is -0.352 e. The third kappa shape index (κ3) is 4.65. The highest BCUT2D eigenvalue weighted by atomic mass is 35.7. The number of amides is 1. The fourth-order valence-corrected chi connectivity index (χ4v) is 3.22. The van der Waals surface area contributed by atoms with E-state index in [2.05, 4.69) is 12.2 Å². The Morgan fingerprint density at radius 2 is 1.95 bits per heavy atom. The molecule has 7 heteroatoms. The van der Waals surface area contributed by atoms with E-state index in [1.54, 1.807) is 6.92 Å². The van der Waals surface area contributed by atoms with Crippen LogP contribution in [-0.4, -0.2) is 20.9 Å². The summed E-state index contributed by atoms with van der Waals surface area (Å²) in [5.41, 5.74) is 0.528. The Morgan fingerprint density at radius 1 is 1.30 bits per heavy atom. The standard InChI is InChI=1S/C13H17Cl2NO3S/c1-3-4-5-6-16-13(17)10-7-11(14)9(2)12(8-10)20(15,18)19/h7-8H,3-6H2,1-2H3,(H,16,17). The van der Waals surface area contributed by atoms with Crippen LogP contribution in [0.15, 0.2) is 17.0 Å². The van der Waals surface area contributed by atoms with Crippen molar-refractivity contribution in [2.24, 2.45) is 0 Å². The van der Waals surface area contributed by atoms with Gasteiger partial charge in [0.05, 0.1) is 4.90 Å². The van der Waals surface area contributed by atoms with Gasteiger partial charge in [-0.15, -0.1) is 0 Å². The summed E-state index contributed by atoms with van der Waals surface area (Å²) in [4.78, 5) is 11.8. The van der Waals surface area contributed by atoms with E-state index in [4.69, 9.17) is 22.3 Å². The average Bonchev–Trinajstić information content (AvgIpc) is 2.36. The van der Waals surface area contributed by atoms with Crippen LogP contribution < -0.4 is 5.32 Å². The number of hydrogen-bond donors (Lipinski definition) is 1. The van der Waals surface area contributed by atoms with E-state index in [0.717, 1.165) is 19.3 Å². The molecule has 0 saturated heterocycles. The molecule has 1 aromatic carbocycles. The van der Waals surface area contributed by atoms with E-state index in [0.29, 0.717) is 12.1 Å². The maximum Gasteiger partial charge on any atom is 0.261 e. The third-order valence-electron chi connectivity index (χ3n) is 2.89. The van der Waals surface area contributed by atoms with E-state index in [1.807, 2.05) is 0 Å². The minimum absolute atomic E-state index is 0.134. The normalized spacial score (nSPS) is 11.4. The Kier molecular flexibility index (Phi) is 6.30. The molecule has 0 heterocycles. The van der Waals surface area contributed by atoms with E-state index in [9.17, 15) is 13.2 Å². The van der Waals surface area contributed by atoms with Crippen LogP contribution in [0.4, 0.5) is 0 Å². The van der Waals surface area contributed by atoms with Crippen molar-refractivity contribution < 1.29 is 13.2 Å². The van der Waals surface area contributed by atoms with Crippen LogP contribution in [0, 0.1) is 6.92 Å². The smallest absolute Gasteiger partial charge is 0.261 e. The number of nitrogens with one attached hydrogen (secondary N) is 1.